The smallest absolute Gasteiger partial charge is 0.247 e. The first-order valence-corrected chi connectivity index (χ1v) is 16.0. The first-order valence-electron chi connectivity index (χ1n) is 16.0. The standard InChI is InChI=1S/C34H37FN6O5/c1-2-27-28(35)4-3-21-9-25(42)10-22(29(21)27)13-41-20-36-30-31(41)37-33(40-7-8-44-17-26(43)14-40)38-32(30)46-19-34(5-6-34)18-39-11-23-15-45-16-24(23)12-39/h1,3-4,9-10,20,23-24,26,42-43H,5-8,11-19H2. The number of nitrogens with zero attached hydrogens (tertiary/aromatic N) is 6. The van der Waals surface area contributed by atoms with Crippen LogP contribution in [0, 0.1) is 35.4 Å². The van der Waals surface area contributed by atoms with Crippen molar-refractivity contribution in [1.29, 1.82) is 0 Å². The van der Waals surface area contributed by atoms with Gasteiger partial charge in [0.05, 0.1) is 57.6 Å². The number of fused-ring (bicyclic) bond motifs is 3. The molecule has 11 nitrogen and oxygen atoms in total. The van der Waals surface area contributed by atoms with Gasteiger partial charge in [0.2, 0.25) is 11.8 Å². The number of phenolic OH excluding ortho intramolecular Hbond substituents is 1. The molecule has 1 saturated carbocycles. The van der Waals surface area contributed by atoms with Crippen molar-refractivity contribution in [3.63, 3.8) is 0 Å². The number of imidazole rings is 1. The van der Waals surface area contributed by atoms with Crippen molar-refractivity contribution in [3.05, 3.63) is 47.5 Å². The highest BCUT2D eigenvalue weighted by atomic mass is 19.1. The summed E-state index contributed by atoms with van der Waals surface area (Å²) in [6.07, 6.45) is 8.89. The number of hydrogen-bond acceptors (Lipinski definition) is 10. The van der Waals surface area contributed by atoms with Gasteiger partial charge in [-0.15, -0.1) is 6.42 Å². The normalized spacial score (nSPS) is 24.3. The van der Waals surface area contributed by atoms with E-state index in [-0.39, 0.29) is 29.9 Å². The van der Waals surface area contributed by atoms with E-state index >= 15 is 0 Å². The van der Waals surface area contributed by atoms with E-state index in [1.54, 1.807) is 24.5 Å². The Labute approximate surface area is 265 Å². The van der Waals surface area contributed by atoms with E-state index < -0.39 is 11.9 Å². The number of ether oxygens (including phenoxy) is 3. The van der Waals surface area contributed by atoms with E-state index in [0.717, 1.165) is 45.7 Å². The van der Waals surface area contributed by atoms with Crippen LogP contribution in [0.2, 0.25) is 0 Å². The van der Waals surface area contributed by atoms with Gasteiger partial charge in [-0.3, -0.25) is 0 Å². The average Bonchev–Trinajstić information content (AvgIpc) is 3.32. The number of aliphatic hydroxyl groups excluding tert-OH is 1. The zero-order valence-corrected chi connectivity index (χ0v) is 25.6. The number of rotatable bonds is 8. The summed E-state index contributed by atoms with van der Waals surface area (Å²) in [5.74, 6) is 4.08. The van der Waals surface area contributed by atoms with Gasteiger partial charge in [-0.25, -0.2) is 9.37 Å². The van der Waals surface area contributed by atoms with Gasteiger partial charge in [0.15, 0.2) is 11.2 Å². The first kappa shape index (κ1) is 29.4. The largest absolute Gasteiger partial charge is 0.508 e. The molecule has 3 atom stereocenters. The quantitative estimate of drug-likeness (QED) is 0.282. The maximum absolute atomic E-state index is 14.8. The molecule has 240 valence electrons. The maximum atomic E-state index is 14.8. The van der Waals surface area contributed by atoms with E-state index in [4.69, 9.17) is 30.6 Å². The summed E-state index contributed by atoms with van der Waals surface area (Å²) in [6, 6.07) is 6.08. The second-order valence-corrected chi connectivity index (χ2v) is 13.4. The van der Waals surface area contributed by atoms with Crippen LogP contribution < -0.4 is 9.64 Å². The fourth-order valence-corrected chi connectivity index (χ4v) is 7.33. The summed E-state index contributed by atoms with van der Waals surface area (Å²) >= 11 is 0. The average molecular weight is 629 g/mol. The molecule has 12 heteroatoms. The van der Waals surface area contributed by atoms with Gasteiger partial charge < -0.3 is 38.8 Å². The zero-order chi connectivity index (χ0) is 31.4. The summed E-state index contributed by atoms with van der Waals surface area (Å²) in [6.45, 7) is 7.08. The molecule has 2 N–H and O–H groups in total. The third kappa shape index (κ3) is 5.51. The van der Waals surface area contributed by atoms with Gasteiger partial charge in [0.25, 0.3) is 0 Å². The number of anilines is 1. The Morgan fingerprint density at radius 3 is 2.70 bits per heavy atom. The van der Waals surface area contributed by atoms with Crippen molar-refractivity contribution in [1.82, 2.24) is 24.4 Å². The lowest BCUT2D eigenvalue weighted by Crippen LogP contribution is -2.34. The molecule has 2 aromatic carbocycles. The summed E-state index contributed by atoms with van der Waals surface area (Å²) < 4.78 is 34.4. The number of terminal acetylenes is 1. The molecule has 1 aliphatic carbocycles. The van der Waals surface area contributed by atoms with Crippen LogP contribution in [0.1, 0.15) is 24.0 Å². The summed E-state index contributed by atoms with van der Waals surface area (Å²) in [5.41, 5.74) is 1.86. The number of hydrogen-bond donors (Lipinski definition) is 2. The van der Waals surface area contributed by atoms with Crippen molar-refractivity contribution in [3.8, 4) is 24.0 Å². The molecule has 0 spiro atoms. The molecule has 4 aromatic rings. The molecule has 3 aliphatic heterocycles. The van der Waals surface area contributed by atoms with E-state index in [9.17, 15) is 14.6 Å². The monoisotopic (exact) mass is 628 g/mol. The van der Waals surface area contributed by atoms with Gasteiger partial charge in [-0.05, 0) is 42.0 Å². The fourth-order valence-electron chi connectivity index (χ4n) is 7.33. The molecule has 46 heavy (non-hydrogen) atoms. The highest BCUT2D eigenvalue weighted by molar-refractivity contribution is 5.92. The molecular weight excluding hydrogens is 591 g/mol. The predicted octanol–water partition coefficient (Wildman–Crippen LogP) is 2.79. The van der Waals surface area contributed by atoms with Crippen molar-refractivity contribution < 1.29 is 28.8 Å². The van der Waals surface area contributed by atoms with Crippen molar-refractivity contribution in [2.75, 3.05) is 70.7 Å². The Balaban J connectivity index is 1.13. The van der Waals surface area contributed by atoms with Gasteiger partial charge >= 0.3 is 0 Å². The second kappa shape index (κ2) is 11.7. The van der Waals surface area contributed by atoms with E-state index in [1.807, 2.05) is 9.47 Å². The lowest BCUT2D eigenvalue weighted by molar-refractivity contribution is 0.0597. The van der Waals surface area contributed by atoms with Crippen LogP contribution in [0.3, 0.4) is 0 Å². The van der Waals surface area contributed by atoms with Crippen LogP contribution in [0.25, 0.3) is 21.9 Å². The van der Waals surface area contributed by atoms with E-state index in [2.05, 4.69) is 15.8 Å². The van der Waals surface area contributed by atoms with E-state index in [1.165, 1.54) is 6.07 Å². The summed E-state index contributed by atoms with van der Waals surface area (Å²) in [5, 5.41) is 22.2. The number of likely N-dealkylation sites (tertiary alicyclic amines) is 1. The fraction of sp³-hybridized carbons (Fsp3) is 0.500. The Morgan fingerprint density at radius 2 is 1.91 bits per heavy atom. The van der Waals surface area contributed by atoms with Crippen molar-refractivity contribution >= 4 is 27.9 Å². The number of aliphatic hydroxyl groups is 1. The van der Waals surface area contributed by atoms with Crippen LogP contribution in [0.4, 0.5) is 10.3 Å². The summed E-state index contributed by atoms with van der Waals surface area (Å²) in [7, 11) is 0. The molecule has 4 fully saturated rings. The minimum absolute atomic E-state index is 0.0447. The molecule has 3 unspecified atom stereocenters. The van der Waals surface area contributed by atoms with Gasteiger partial charge in [0, 0.05) is 55.4 Å². The van der Waals surface area contributed by atoms with Gasteiger partial charge in [-0.2, -0.15) is 9.97 Å². The molecule has 2 aromatic heterocycles. The number of aromatic nitrogens is 4. The molecule has 0 radical (unpaired) electrons. The third-order valence-electron chi connectivity index (χ3n) is 9.92. The highest BCUT2D eigenvalue weighted by Crippen LogP contribution is 2.48. The topological polar surface area (TPSA) is 118 Å². The zero-order valence-electron chi connectivity index (χ0n) is 25.6. The van der Waals surface area contributed by atoms with Crippen LogP contribution >= 0.6 is 0 Å². The SMILES string of the molecule is C#Cc1c(F)ccc2cc(O)cc(Cn3cnc4c(OCC5(CN6CC7COCC7C6)CC5)nc(N5CCOCC(O)C5)nc43)c12. The Bertz CT molecular complexity index is 1820. The molecular formula is C34H37FN6O5. The second-order valence-electron chi connectivity index (χ2n) is 13.4. The van der Waals surface area contributed by atoms with Crippen LogP contribution in [-0.4, -0.2) is 106 Å². The van der Waals surface area contributed by atoms with Gasteiger partial charge in [-0.1, -0.05) is 12.0 Å². The maximum Gasteiger partial charge on any atom is 0.247 e. The first-order chi connectivity index (χ1) is 22.4. The van der Waals surface area contributed by atoms with Crippen LogP contribution in [-0.2, 0) is 16.0 Å². The predicted molar refractivity (Wildman–Crippen MR) is 168 cm³/mol. The molecule has 0 bridgehead atoms. The van der Waals surface area contributed by atoms with Crippen molar-refractivity contribution in [2.24, 2.45) is 17.3 Å². The van der Waals surface area contributed by atoms with Crippen molar-refractivity contribution in [2.45, 2.75) is 25.5 Å². The van der Waals surface area contributed by atoms with Gasteiger partial charge in [0.1, 0.15) is 11.6 Å². The molecule has 0 amide bonds. The minimum atomic E-state index is -0.688. The number of halogens is 1. The molecule has 4 aliphatic rings. The minimum Gasteiger partial charge on any atom is -0.508 e. The Kier molecular flexibility index (Phi) is 7.44. The third-order valence-corrected chi connectivity index (χ3v) is 9.92. The number of aromatic hydroxyl groups is 1. The number of phenols is 1. The Morgan fingerprint density at radius 1 is 1.09 bits per heavy atom. The summed E-state index contributed by atoms with van der Waals surface area (Å²) in [4.78, 5) is 18.9. The molecule has 5 heterocycles. The Hall–Kier alpha value is -4.02. The number of β-amino-alcohol motifs (C(OH)–C–C–N with tert-alkyl or cyclic N) is 1. The van der Waals surface area contributed by atoms with Crippen LogP contribution in [0.5, 0.6) is 11.6 Å². The lowest BCUT2D eigenvalue weighted by Gasteiger charge is -2.25. The molecule has 3 saturated heterocycles. The van der Waals surface area contributed by atoms with E-state index in [0.29, 0.717) is 77.5 Å². The molecule has 8 rings (SSSR count). The lowest BCUT2D eigenvalue weighted by atomic mass is 9.98. The highest BCUT2D eigenvalue weighted by Gasteiger charge is 2.48. The van der Waals surface area contributed by atoms with Crippen LogP contribution in [0.15, 0.2) is 30.6 Å². The number of benzene rings is 2.